The van der Waals surface area contributed by atoms with E-state index >= 15 is 0 Å². The van der Waals surface area contributed by atoms with Crippen molar-refractivity contribution in [3.8, 4) is 5.75 Å². The van der Waals surface area contributed by atoms with E-state index in [1.807, 2.05) is 25.1 Å². The number of carbonyl (C=O) groups excluding carboxylic acids is 1. The average Bonchev–Trinajstić information content (AvgIpc) is 2.55. The van der Waals surface area contributed by atoms with E-state index in [1.54, 1.807) is 0 Å². The summed E-state index contributed by atoms with van der Waals surface area (Å²) in [5, 5.41) is 2.89. The van der Waals surface area contributed by atoms with Gasteiger partial charge in [-0.25, -0.2) is 0 Å². The summed E-state index contributed by atoms with van der Waals surface area (Å²) in [6, 6.07) is 5.24. The maximum atomic E-state index is 12.2. The Morgan fingerprint density at radius 3 is 2.75 bits per heavy atom. The monoisotopic (exact) mass is 334 g/mol. The Bertz CT molecular complexity index is 539. The fraction of sp³-hybridized carbons (Fsp3) is 0.632. The van der Waals surface area contributed by atoms with Gasteiger partial charge in [0.05, 0.1) is 12.6 Å². The third kappa shape index (κ3) is 5.80. The molecular formula is C19H30N2O3. The summed E-state index contributed by atoms with van der Waals surface area (Å²) in [4.78, 5) is 12.2. The van der Waals surface area contributed by atoms with Gasteiger partial charge in [0.25, 0.3) is 0 Å². The van der Waals surface area contributed by atoms with Gasteiger partial charge in [0.15, 0.2) is 0 Å². The van der Waals surface area contributed by atoms with E-state index in [1.165, 1.54) is 0 Å². The smallest absolute Gasteiger partial charge is 0.241 e. The summed E-state index contributed by atoms with van der Waals surface area (Å²) in [6.07, 6.45) is 2.75. The molecule has 1 heterocycles. The molecule has 0 spiro atoms. The lowest BCUT2D eigenvalue weighted by Gasteiger charge is -2.23. The summed E-state index contributed by atoms with van der Waals surface area (Å²) in [5.74, 6) is 1.60. The van der Waals surface area contributed by atoms with Crippen LogP contribution in [0.2, 0.25) is 0 Å². The van der Waals surface area contributed by atoms with Crippen LogP contribution in [-0.2, 0) is 9.53 Å². The van der Waals surface area contributed by atoms with Gasteiger partial charge in [-0.05, 0) is 49.7 Å². The number of anilines is 1. The predicted molar refractivity (Wildman–Crippen MR) is 96.3 cm³/mol. The van der Waals surface area contributed by atoms with Crippen molar-refractivity contribution in [3.63, 3.8) is 0 Å². The van der Waals surface area contributed by atoms with E-state index in [0.717, 1.165) is 43.1 Å². The highest BCUT2D eigenvalue weighted by atomic mass is 16.5. The fourth-order valence-electron chi connectivity index (χ4n) is 2.80. The van der Waals surface area contributed by atoms with E-state index in [2.05, 4.69) is 19.2 Å². The van der Waals surface area contributed by atoms with Crippen molar-refractivity contribution in [1.29, 1.82) is 0 Å². The van der Waals surface area contributed by atoms with E-state index in [4.69, 9.17) is 15.2 Å². The van der Waals surface area contributed by atoms with Crippen molar-refractivity contribution in [2.45, 2.75) is 46.1 Å². The molecule has 1 amide bonds. The van der Waals surface area contributed by atoms with Crippen molar-refractivity contribution in [2.75, 3.05) is 25.1 Å². The van der Waals surface area contributed by atoms with Crippen molar-refractivity contribution in [3.05, 3.63) is 23.8 Å². The molecule has 134 valence electrons. The Hall–Kier alpha value is -1.59. The van der Waals surface area contributed by atoms with E-state index < -0.39 is 6.04 Å². The van der Waals surface area contributed by atoms with Gasteiger partial charge in [0, 0.05) is 25.0 Å². The molecule has 0 aliphatic carbocycles. The predicted octanol–water partition coefficient (Wildman–Crippen LogP) is 3.11. The van der Waals surface area contributed by atoms with Gasteiger partial charge in [-0.15, -0.1) is 0 Å². The van der Waals surface area contributed by atoms with Gasteiger partial charge in [0.2, 0.25) is 5.91 Å². The second-order valence-electron chi connectivity index (χ2n) is 7.07. The Balaban J connectivity index is 1.93. The van der Waals surface area contributed by atoms with Gasteiger partial charge in [-0.1, -0.05) is 19.9 Å². The summed E-state index contributed by atoms with van der Waals surface area (Å²) in [7, 11) is 0. The Kier molecular flexibility index (Phi) is 7.06. The lowest BCUT2D eigenvalue weighted by molar-refractivity contribution is -0.117. The summed E-state index contributed by atoms with van der Waals surface area (Å²) < 4.78 is 11.4. The number of aryl methyl sites for hydroxylation is 1. The SMILES string of the molecule is Cc1ccc(NC(=O)[C@@H](N)CC(C)C)cc1OCC1CCOCC1. The fourth-order valence-corrected chi connectivity index (χ4v) is 2.80. The molecule has 5 nitrogen and oxygen atoms in total. The molecule has 1 atom stereocenters. The number of amides is 1. The van der Waals surface area contributed by atoms with Crippen LogP contribution < -0.4 is 15.8 Å². The molecule has 2 rings (SSSR count). The highest BCUT2D eigenvalue weighted by Gasteiger charge is 2.17. The standard InChI is InChI=1S/C19H30N2O3/c1-13(2)10-17(20)19(22)21-16-5-4-14(3)18(11-16)24-12-15-6-8-23-9-7-15/h4-5,11,13,15,17H,6-10,12,20H2,1-3H3,(H,21,22)/t17-/m0/s1. The molecule has 1 saturated heterocycles. The molecule has 1 aromatic carbocycles. The van der Waals surface area contributed by atoms with Gasteiger partial charge < -0.3 is 20.5 Å². The first-order valence-electron chi connectivity index (χ1n) is 8.83. The highest BCUT2D eigenvalue weighted by Crippen LogP contribution is 2.25. The summed E-state index contributed by atoms with van der Waals surface area (Å²) in [6.45, 7) is 8.44. The number of nitrogens with one attached hydrogen (secondary N) is 1. The Morgan fingerprint density at radius 2 is 2.08 bits per heavy atom. The van der Waals surface area contributed by atoms with Gasteiger partial charge in [0.1, 0.15) is 5.75 Å². The van der Waals surface area contributed by atoms with Crippen LogP contribution in [0.5, 0.6) is 5.75 Å². The number of hydrogen-bond acceptors (Lipinski definition) is 4. The molecule has 1 aliphatic rings. The largest absolute Gasteiger partial charge is 0.493 e. The zero-order valence-electron chi connectivity index (χ0n) is 15.0. The zero-order valence-corrected chi connectivity index (χ0v) is 15.0. The van der Waals surface area contributed by atoms with E-state index in [-0.39, 0.29) is 5.91 Å². The number of nitrogens with two attached hydrogens (primary N) is 1. The molecule has 0 aromatic heterocycles. The summed E-state index contributed by atoms with van der Waals surface area (Å²) >= 11 is 0. The second-order valence-corrected chi connectivity index (χ2v) is 7.07. The normalized spacial score (nSPS) is 16.9. The van der Waals surface area contributed by atoms with Gasteiger partial charge in [-0.2, -0.15) is 0 Å². The first kappa shape index (κ1) is 18.7. The quantitative estimate of drug-likeness (QED) is 0.803. The number of benzene rings is 1. The highest BCUT2D eigenvalue weighted by molar-refractivity contribution is 5.94. The van der Waals surface area contributed by atoms with Crippen LogP contribution in [0, 0.1) is 18.8 Å². The third-order valence-electron chi connectivity index (χ3n) is 4.33. The van der Waals surface area contributed by atoms with Crippen molar-refractivity contribution >= 4 is 11.6 Å². The number of hydrogen-bond donors (Lipinski definition) is 2. The van der Waals surface area contributed by atoms with Crippen LogP contribution in [0.25, 0.3) is 0 Å². The first-order valence-corrected chi connectivity index (χ1v) is 8.83. The molecular weight excluding hydrogens is 304 g/mol. The van der Waals surface area contributed by atoms with Crippen LogP contribution in [0.4, 0.5) is 5.69 Å². The third-order valence-corrected chi connectivity index (χ3v) is 4.33. The molecule has 3 N–H and O–H groups in total. The lowest BCUT2D eigenvalue weighted by atomic mass is 10.0. The van der Waals surface area contributed by atoms with Crippen LogP contribution in [-0.4, -0.2) is 31.8 Å². The molecule has 1 aromatic rings. The van der Waals surface area contributed by atoms with Crippen molar-refractivity contribution < 1.29 is 14.3 Å². The molecule has 5 heteroatoms. The maximum Gasteiger partial charge on any atom is 0.241 e. The van der Waals surface area contributed by atoms with Crippen molar-refractivity contribution in [2.24, 2.45) is 17.6 Å². The van der Waals surface area contributed by atoms with Crippen molar-refractivity contribution in [1.82, 2.24) is 0 Å². The minimum absolute atomic E-state index is 0.150. The van der Waals surface area contributed by atoms with Gasteiger partial charge in [-0.3, -0.25) is 4.79 Å². The van der Waals surface area contributed by atoms with Crippen LogP contribution >= 0.6 is 0 Å². The van der Waals surface area contributed by atoms with Crippen LogP contribution in [0.15, 0.2) is 18.2 Å². The molecule has 24 heavy (non-hydrogen) atoms. The molecule has 0 unspecified atom stereocenters. The topological polar surface area (TPSA) is 73.6 Å². The van der Waals surface area contributed by atoms with Crippen LogP contribution in [0.1, 0.15) is 38.7 Å². The molecule has 0 saturated carbocycles. The van der Waals surface area contributed by atoms with E-state index in [9.17, 15) is 4.79 Å². The minimum Gasteiger partial charge on any atom is -0.493 e. The average molecular weight is 334 g/mol. The number of rotatable bonds is 7. The Labute approximate surface area is 144 Å². The number of carbonyl (C=O) groups is 1. The maximum absolute atomic E-state index is 12.2. The first-order chi connectivity index (χ1) is 11.5. The van der Waals surface area contributed by atoms with Gasteiger partial charge >= 0.3 is 0 Å². The Morgan fingerprint density at radius 1 is 1.38 bits per heavy atom. The molecule has 0 bridgehead atoms. The summed E-state index contributed by atoms with van der Waals surface area (Å²) in [5.41, 5.74) is 7.73. The second kappa shape index (κ2) is 9.04. The molecule has 1 aliphatic heterocycles. The molecule has 1 fully saturated rings. The zero-order chi connectivity index (χ0) is 17.5. The van der Waals surface area contributed by atoms with Crippen LogP contribution in [0.3, 0.4) is 0 Å². The number of ether oxygens (including phenoxy) is 2. The lowest BCUT2D eigenvalue weighted by Crippen LogP contribution is -2.36. The minimum atomic E-state index is -0.488. The van der Waals surface area contributed by atoms with E-state index in [0.29, 0.717) is 24.9 Å². The molecule has 0 radical (unpaired) electrons.